The second-order valence-corrected chi connectivity index (χ2v) is 17.1. The third-order valence-electron chi connectivity index (χ3n) is 12.0. The van der Waals surface area contributed by atoms with Crippen LogP contribution in [0.25, 0.3) is 11.1 Å². The highest BCUT2D eigenvalue weighted by Gasteiger charge is 2.53. The Bertz CT molecular complexity index is 2600. The van der Waals surface area contributed by atoms with Gasteiger partial charge in [-0.2, -0.15) is 8.42 Å². The highest BCUT2D eigenvalue weighted by Crippen LogP contribution is 2.57. The van der Waals surface area contributed by atoms with Crippen LogP contribution in [-0.4, -0.2) is 171 Å². The number of phenols is 3. The van der Waals surface area contributed by atoms with E-state index >= 15 is 0 Å². The average Bonchev–Trinajstić information content (AvgIpc) is 3.24. The minimum absolute atomic E-state index is 0.0190. The van der Waals surface area contributed by atoms with Gasteiger partial charge in [-0.1, -0.05) is 6.07 Å². The molecule has 2 heterocycles. The van der Waals surface area contributed by atoms with E-state index in [0.717, 1.165) is 25.1 Å². The van der Waals surface area contributed by atoms with Crippen molar-refractivity contribution in [1.82, 2.24) is 10.6 Å². The second-order valence-electron chi connectivity index (χ2n) is 16.1. The third kappa shape index (κ3) is 8.24. The molecule has 4 aliphatic rings. The molecule has 0 spiro atoms. The van der Waals surface area contributed by atoms with Crippen molar-refractivity contribution in [3.8, 4) is 34.1 Å². The van der Waals surface area contributed by atoms with Crippen molar-refractivity contribution in [1.29, 1.82) is 0 Å². The maximum Gasteiger partial charge on any atom is 0.397 e. The number of carboxylic acids is 1. The Labute approximate surface area is 373 Å². The first kappa shape index (κ1) is 48.5. The van der Waals surface area contributed by atoms with Crippen LogP contribution in [0.1, 0.15) is 84.9 Å². The minimum Gasteiger partial charge on any atom is -0.507 e. The van der Waals surface area contributed by atoms with E-state index in [-0.39, 0.29) is 28.0 Å². The van der Waals surface area contributed by atoms with Crippen LogP contribution in [0.5, 0.6) is 23.0 Å². The SMILES string of the molecule is CN[C@@H]1[C@H](O[C@@H]2O[C@H](CO)[C@@H](O)[C@H](OS(=O)(=O)O)[C@H]2O)[C@@H](O)[C@H](O[C@H]2c3cc(C)c(C(=O)N[C@H](C)C(=O)O)c(O)c3-c3c(cc4c(c3O)C(=O)c3cc(OC)cc(O)c3C4=O)[C@@H]2O)O[C@@H]1C. The van der Waals surface area contributed by atoms with Crippen LogP contribution >= 0.6 is 0 Å². The molecule has 2 fully saturated rings. The molecule has 0 saturated carbocycles. The zero-order valence-electron chi connectivity index (χ0n) is 35.3. The Kier molecular flexibility index (Phi) is 13.3. The number of ketones is 2. The molecule has 2 aliphatic carbocycles. The van der Waals surface area contributed by atoms with Gasteiger partial charge in [0.25, 0.3) is 5.91 Å². The maximum absolute atomic E-state index is 14.1. The predicted octanol–water partition coefficient (Wildman–Crippen LogP) is -1.42. The first-order chi connectivity index (χ1) is 30.9. The number of aliphatic hydroxyl groups is 5. The third-order valence-corrected chi connectivity index (χ3v) is 12.5. The van der Waals surface area contributed by atoms with Gasteiger partial charge >= 0.3 is 16.4 Å². The van der Waals surface area contributed by atoms with Gasteiger partial charge in [-0.25, -0.2) is 4.18 Å². The van der Waals surface area contributed by atoms with Gasteiger partial charge in [0.2, 0.25) is 0 Å². The summed E-state index contributed by atoms with van der Waals surface area (Å²) in [6.07, 6.45) is -20.3. The van der Waals surface area contributed by atoms with E-state index in [1.807, 2.05) is 0 Å². The number of aromatic hydroxyl groups is 3. The molecule has 0 bridgehead atoms. The molecule has 66 heavy (non-hydrogen) atoms. The molecular formula is C41H46N2O22S. The summed E-state index contributed by atoms with van der Waals surface area (Å²) < 4.78 is 66.0. The number of rotatable bonds is 12. The second kappa shape index (κ2) is 18.0. The summed E-state index contributed by atoms with van der Waals surface area (Å²) in [5.74, 6) is -7.03. The van der Waals surface area contributed by atoms with Crippen LogP contribution in [0.15, 0.2) is 24.3 Å². The normalized spacial score (nSPS) is 29.8. The number of carboxylic acid groups (broad SMARTS) is 1. The number of carbonyl (C=O) groups is 4. The van der Waals surface area contributed by atoms with Crippen molar-refractivity contribution >= 4 is 33.8 Å². The van der Waals surface area contributed by atoms with Crippen LogP contribution in [0.4, 0.5) is 0 Å². The number of aryl methyl sites for hydroxylation is 1. The number of aliphatic hydroxyl groups excluding tert-OH is 5. The number of aliphatic carboxylic acids is 1. The van der Waals surface area contributed by atoms with E-state index in [2.05, 4.69) is 14.8 Å². The van der Waals surface area contributed by atoms with Crippen molar-refractivity contribution in [2.24, 2.45) is 0 Å². The molecule has 1 amide bonds. The summed E-state index contributed by atoms with van der Waals surface area (Å²) in [6.45, 7) is 3.00. The number of carbonyl (C=O) groups excluding carboxylic acids is 3. The summed E-state index contributed by atoms with van der Waals surface area (Å²) in [7, 11) is -2.64. The number of nitrogens with one attached hydrogen (secondary N) is 2. The molecule has 24 nitrogen and oxygen atoms in total. The van der Waals surface area contributed by atoms with Crippen LogP contribution in [0, 0.1) is 6.92 Å². The number of likely N-dealkylation sites (N-methyl/N-ethyl adjacent to an activating group) is 1. The highest BCUT2D eigenvalue weighted by molar-refractivity contribution is 7.80. The van der Waals surface area contributed by atoms with Gasteiger partial charge in [-0.15, -0.1) is 0 Å². The standard InChI is InChI=1S/C41H46N2O22S/c1-11-6-18-24(31(50)21(11)38(54)43-12(2)39(55)56)23-16(9-17-25(32(23)51)28(47)15-7-14(60-5)8-19(45)22(15)27(17)46)29(48)35(18)63-40-33(52)36(26(42-4)13(3)61-40)64-41-34(53)37(65-66(57,58)59)30(49)20(10-44)62-41/h6-9,12-13,20,26,29-30,33-37,40-42,44-45,48-53H,10H2,1-5H3,(H,43,54)(H,55,56)(H,57,58,59)/t12-,13-,20-,26+,29+,30-,33-,34-,35+,36+,37+,40+,41+/m1/s1. The monoisotopic (exact) mass is 950 g/mol. The smallest absolute Gasteiger partial charge is 0.397 e. The molecule has 0 aromatic heterocycles. The summed E-state index contributed by atoms with van der Waals surface area (Å²) in [5.41, 5.74) is -4.00. The van der Waals surface area contributed by atoms with Crippen LogP contribution in [-0.2, 0) is 38.3 Å². The number of amides is 1. The average molecular weight is 951 g/mol. The summed E-state index contributed by atoms with van der Waals surface area (Å²) in [5, 5.41) is 105. The Hall–Kier alpha value is -5.39. The quantitative estimate of drug-likeness (QED) is 0.0725. The zero-order chi connectivity index (χ0) is 48.6. The molecule has 3 aromatic rings. The van der Waals surface area contributed by atoms with E-state index in [1.165, 1.54) is 34.1 Å². The van der Waals surface area contributed by atoms with E-state index in [1.54, 1.807) is 0 Å². The number of fused-ring (bicyclic) bond motifs is 5. The highest BCUT2D eigenvalue weighted by atomic mass is 32.3. The number of ether oxygens (including phenoxy) is 5. The number of hydrogen-bond acceptors (Lipinski definition) is 21. The molecule has 13 atom stereocenters. The molecule has 25 heteroatoms. The predicted molar refractivity (Wildman–Crippen MR) is 217 cm³/mol. The summed E-state index contributed by atoms with van der Waals surface area (Å²) in [6, 6.07) is 1.99. The Morgan fingerprint density at radius 2 is 1.44 bits per heavy atom. The molecule has 358 valence electrons. The summed E-state index contributed by atoms with van der Waals surface area (Å²) >= 11 is 0. The van der Waals surface area contributed by atoms with Crippen molar-refractivity contribution in [2.45, 2.75) is 100 Å². The first-order valence-electron chi connectivity index (χ1n) is 20.0. The van der Waals surface area contributed by atoms with Crippen molar-refractivity contribution < 1.29 is 106 Å². The maximum atomic E-state index is 14.1. The fourth-order valence-corrected chi connectivity index (χ4v) is 9.33. The number of phenolic OH excluding ortho intramolecular Hbond substituents is 3. The lowest BCUT2D eigenvalue weighted by molar-refractivity contribution is -0.349. The van der Waals surface area contributed by atoms with E-state index < -0.39 is 171 Å². The van der Waals surface area contributed by atoms with Crippen molar-refractivity contribution in [3.05, 3.63) is 68.8 Å². The molecule has 2 saturated heterocycles. The van der Waals surface area contributed by atoms with Crippen molar-refractivity contribution in [2.75, 3.05) is 20.8 Å². The minimum atomic E-state index is -5.31. The van der Waals surface area contributed by atoms with Gasteiger partial charge in [0.1, 0.15) is 77.9 Å². The van der Waals surface area contributed by atoms with Gasteiger partial charge in [-0.3, -0.25) is 23.7 Å². The van der Waals surface area contributed by atoms with Crippen LogP contribution < -0.4 is 15.4 Å². The Morgan fingerprint density at radius 1 is 0.833 bits per heavy atom. The van der Waals surface area contributed by atoms with Gasteiger partial charge in [0.15, 0.2) is 24.1 Å². The molecule has 12 N–H and O–H groups in total. The van der Waals surface area contributed by atoms with Crippen LogP contribution in [0.2, 0.25) is 0 Å². The first-order valence-corrected chi connectivity index (χ1v) is 21.4. The van der Waals surface area contributed by atoms with Gasteiger partial charge < -0.3 is 80.3 Å². The molecule has 0 unspecified atom stereocenters. The Balaban J connectivity index is 1.34. The lowest BCUT2D eigenvalue weighted by atomic mass is 9.74. The van der Waals surface area contributed by atoms with E-state index in [9.17, 15) is 78.1 Å². The lowest BCUT2D eigenvalue weighted by Crippen LogP contribution is -2.66. The Morgan fingerprint density at radius 3 is 2.05 bits per heavy atom. The number of benzene rings is 3. The summed E-state index contributed by atoms with van der Waals surface area (Å²) in [4.78, 5) is 53.5. The fourth-order valence-electron chi connectivity index (χ4n) is 8.82. The number of hydrogen-bond donors (Lipinski definition) is 12. The fraction of sp³-hybridized carbons (Fsp3) is 0.463. The van der Waals surface area contributed by atoms with Gasteiger partial charge in [-0.05, 0) is 56.6 Å². The lowest BCUT2D eigenvalue weighted by Gasteiger charge is -2.48. The van der Waals surface area contributed by atoms with Gasteiger partial charge in [0, 0.05) is 28.3 Å². The molecule has 3 aromatic carbocycles. The largest absolute Gasteiger partial charge is 0.507 e. The topological polar surface area (TPSA) is 384 Å². The van der Waals surface area contributed by atoms with E-state index in [4.69, 9.17) is 23.7 Å². The van der Waals surface area contributed by atoms with Crippen molar-refractivity contribution in [3.63, 3.8) is 0 Å². The van der Waals surface area contributed by atoms with E-state index in [0.29, 0.717) is 0 Å². The molecular weight excluding hydrogens is 905 g/mol. The van der Waals surface area contributed by atoms with Gasteiger partial charge in [0.05, 0.1) is 42.6 Å². The molecule has 7 rings (SSSR count). The van der Waals surface area contributed by atoms with Crippen LogP contribution in [0.3, 0.4) is 0 Å². The number of methoxy groups -OCH3 is 1. The molecule has 0 radical (unpaired) electrons. The zero-order valence-corrected chi connectivity index (χ0v) is 36.1. The molecule has 2 aliphatic heterocycles.